The Morgan fingerprint density at radius 3 is 2.04 bits per heavy atom. The zero-order chi connectivity index (χ0) is 18.6. The number of hydrogen-bond donors (Lipinski definition) is 1. The molecule has 3 aliphatic rings. The molecule has 2 heteroatoms. The zero-order valence-electron chi connectivity index (χ0n) is 16.6. The van der Waals surface area contributed by atoms with Gasteiger partial charge >= 0.3 is 5.97 Å². The molecule has 0 heterocycles. The predicted octanol–water partition coefficient (Wildman–Crippen LogP) is 6.22. The van der Waals surface area contributed by atoms with E-state index in [0.717, 1.165) is 12.0 Å². The summed E-state index contributed by atoms with van der Waals surface area (Å²) in [5.41, 5.74) is 7.86. The van der Waals surface area contributed by atoms with Crippen molar-refractivity contribution in [1.82, 2.24) is 0 Å². The van der Waals surface area contributed by atoms with Crippen molar-refractivity contribution in [2.45, 2.75) is 73.6 Å². The molecule has 136 valence electrons. The van der Waals surface area contributed by atoms with E-state index in [1.54, 1.807) is 11.1 Å². The lowest BCUT2D eigenvalue weighted by molar-refractivity contribution is -0.131. The van der Waals surface area contributed by atoms with Gasteiger partial charge in [0.1, 0.15) is 0 Å². The van der Waals surface area contributed by atoms with Gasteiger partial charge in [0, 0.05) is 11.5 Å². The van der Waals surface area contributed by atoms with Gasteiger partial charge in [0.25, 0.3) is 0 Å². The average molecular weight is 341 g/mol. The first-order valence-electron chi connectivity index (χ1n) is 9.49. The predicted molar refractivity (Wildman–Crippen MR) is 103 cm³/mol. The molecule has 0 aliphatic heterocycles. The highest BCUT2D eigenvalue weighted by molar-refractivity contribution is 5.81. The molecular weight excluding hydrogens is 308 g/mol. The Labute approximate surface area is 152 Å². The van der Waals surface area contributed by atoms with Crippen LogP contribution in [-0.4, -0.2) is 11.1 Å². The average Bonchev–Trinajstić information content (AvgIpc) is 2.98. The van der Waals surface area contributed by atoms with E-state index in [2.05, 4.69) is 46.8 Å². The Hall–Kier alpha value is -1.57. The number of allylic oxidation sites excluding steroid dienone is 7. The summed E-state index contributed by atoms with van der Waals surface area (Å²) in [5.74, 6) is -0.871. The van der Waals surface area contributed by atoms with Crippen LogP contribution >= 0.6 is 0 Å². The van der Waals surface area contributed by atoms with Crippen molar-refractivity contribution in [3.05, 3.63) is 46.1 Å². The van der Waals surface area contributed by atoms with Crippen LogP contribution in [0.4, 0.5) is 0 Å². The number of carboxylic acid groups (broad SMARTS) is 1. The first-order chi connectivity index (χ1) is 11.5. The third-order valence-electron chi connectivity index (χ3n) is 6.95. The van der Waals surface area contributed by atoms with Gasteiger partial charge in [0.2, 0.25) is 0 Å². The van der Waals surface area contributed by atoms with Crippen LogP contribution in [0.5, 0.6) is 0 Å². The highest BCUT2D eigenvalue weighted by Crippen LogP contribution is 2.64. The van der Waals surface area contributed by atoms with Gasteiger partial charge in [-0.15, -0.1) is 0 Å². The molecule has 0 atom stereocenters. The quantitative estimate of drug-likeness (QED) is 0.479. The van der Waals surface area contributed by atoms with Crippen LogP contribution in [0.3, 0.4) is 0 Å². The van der Waals surface area contributed by atoms with Gasteiger partial charge in [0.05, 0.1) is 0 Å². The summed E-state index contributed by atoms with van der Waals surface area (Å²) < 4.78 is 0. The summed E-state index contributed by atoms with van der Waals surface area (Å²) in [6.07, 6.45) is 11.6. The normalized spacial score (nSPS) is 28.5. The third kappa shape index (κ3) is 3.16. The Morgan fingerprint density at radius 1 is 1.04 bits per heavy atom. The van der Waals surface area contributed by atoms with E-state index >= 15 is 0 Å². The van der Waals surface area contributed by atoms with E-state index in [-0.39, 0.29) is 5.41 Å². The minimum Gasteiger partial charge on any atom is -0.478 e. The SMILES string of the molecule is CC(=CC(=O)O)C=C1C=C(C)C2(C1)CC1=C(C2)C(C)(C)CCC1(C)C. The molecule has 1 N–H and O–H groups in total. The summed E-state index contributed by atoms with van der Waals surface area (Å²) in [6, 6.07) is 0. The second kappa shape index (κ2) is 5.72. The summed E-state index contributed by atoms with van der Waals surface area (Å²) in [5, 5.41) is 8.94. The van der Waals surface area contributed by atoms with Gasteiger partial charge in [-0.05, 0) is 67.9 Å². The molecular formula is C23H32O2. The third-order valence-corrected chi connectivity index (χ3v) is 6.95. The van der Waals surface area contributed by atoms with Crippen molar-refractivity contribution >= 4 is 5.97 Å². The van der Waals surface area contributed by atoms with Crippen LogP contribution in [0, 0.1) is 16.2 Å². The lowest BCUT2D eigenvalue weighted by atomic mass is 9.64. The molecule has 1 spiro atoms. The minimum atomic E-state index is -0.871. The molecule has 0 radical (unpaired) electrons. The molecule has 0 aromatic rings. The first-order valence-corrected chi connectivity index (χ1v) is 9.49. The van der Waals surface area contributed by atoms with E-state index in [0.29, 0.717) is 10.8 Å². The molecule has 0 saturated carbocycles. The fourth-order valence-corrected chi connectivity index (χ4v) is 5.21. The van der Waals surface area contributed by atoms with Crippen molar-refractivity contribution in [2.75, 3.05) is 0 Å². The summed E-state index contributed by atoms with van der Waals surface area (Å²) in [7, 11) is 0. The van der Waals surface area contributed by atoms with Crippen LogP contribution in [-0.2, 0) is 4.79 Å². The Morgan fingerprint density at radius 2 is 1.56 bits per heavy atom. The largest absolute Gasteiger partial charge is 0.478 e. The fourth-order valence-electron chi connectivity index (χ4n) is 5.21. The van der Waals surface area contributed by atoms with E-state index in [1.807, 2.05) is 6.92 Å². The van der Waals surface area contributed by atoms with Crippen molar-refractivity contribution < 1.29 is 9.90 Å². The standard InChI is InChI=1S/C23H32O2/c1-15(10-20(24)25)9-17-11-16(2)23(12-17)13-18-19(14-23)22(5,6)8-7-21(18,3)4/h9-11H,7-8,12-14H2,1-6H3,(H,24,25). The van der Waals surface area contributed by atoms with Crippen LogP contribution in [0.1, 0.15) is 73.6 Å². The summed E-state index contributed by atoms with van der Waals surface area (Å²) >= 11 is 0. The molecule has 0 saturated heterocycles. The van der Waals surface area contributed by atoms with Crippen molar-refractivity contribution in [1.29, 1.82) is 0 Å². The molecule has 0 fully saturated rings. The van der Waals surface area contributed by atoms with Crippen LogP contribution < -0.4 is 0 Å². The lowest BCUT2D eigenvalue weighted by Crippen LogP contribution is -2.28. The summed E-state index contributed by atoms with van der Waals surface area (Å²) in [6.45, 7) is 13.8. The molecule has 0 unspecified atom stereocenters. The topological polar surface area (TPSA) is 37.3 Å². The molecule has 3 aliphatic carbocycles. The van der Waals surface area contributed by atoms with Crippen LogP contribution in [0.25, 0.3) is 0 Å². The number of hydrogen-bond acceptors (Lipinski definition) is 1. The maximum atomic E-state index is 10.9. The number of rotatable bonds is 2. The Kier molecular flexibility index (Phi) is 4.17. The van der Waals surface area contributed by atoms with Crippen molar-refractivity contribution in [2.24, 2.45) is 16.2 Å². The first kappa shape index (κ1) is 18.2. The highest BCUT2D eigenvalue weighted by Gasteiger charge is 2.51. The maximum Gasteiger partial charge on any atom is 0.328 e. The minimum absolute atomic E-state index is 0.235. The van der Waals surface area contributed by atoms with Crippen molar-refractivity contribution in [3.8, 4) is 0 Å². The number of aliphatic carboxylic acids is 1. The number of carbonyl (C=O) groups is 1. The van der Waals surface area contributed by atoms with Crippen molar-refractivity contribution in [3.63, 3.8) is 0 Å². The molecule has 3 rings (SSSR count). The molecule has 25 heavy (non-hydrogen) atoms. The summed E-state index contributed by atoms with van der Waals surface area (Å²) in [4.78, 5) is 10.9. The monoisotopic (exact) mass is 340 g/mol. The Balaban J connectivity index is 1.91. The Bertz CT molecular complexity index is 710. The molecule has 0 bridgehead atoms. The highest BCUT2D eigenvalue weighted by atomic mass is 16.4. The molecule has 2 nitrogen and oxygen atoms in total. The molecule has 0 amide bonds. The fraction of sp³-hybridized carbons (Fsp3) is 0.609. The molecule has 0 aromatic carbocycles. The van der Waals surface area contributed by atoms with E-state index in [1.165, 1.54) is 42.9 Å². The van der Waals surface area contributed by atoms with Gasteiger partial charge in [-0.2, -0.15) is 0 Å². The number of carboxylic acids is 1. The van der Waals surface area contributed by atoms with E-state index in [4.69, 9.17) is 5.11 Å². The van der Waals surface area contributed by atoms with Gasteiger partial charge in [-0.1, -0.05) is 56.6 Å². The van der Waals surface area contributed by atoms with Gasteiger partial charge in [-0.25, -0.2) is 4.79 Å². The zero-order valence-corrected chi connectivity index (χ0v) is 16.6. The van der Waals surface area contributed by atoms with Gasteiger partial charge in [0.15, 0.2) is 0 Å². The van der Waals surface area contributed by atoms with Gasteiger partial charge in [-0.3, -0.25) is 0 Å². The van der Waals surface area contributed by atoms with E-state index < -0.39 is 5.97 Å². The maximum absolute atomic E-state index is 10.9. The second-order valence-electron chi connectivity index (χ2n) is 9.81. The van der Waals surface area contributed by atoms with Crippen LogP contribution in [0.2, 0.25) is 0 Å². The second-order valence-corrected chi connectivity index (χ2v) is 9.81. The van der Waals surface area contributed by atoms with Gasteiger partial charge < -0.3 is 5.11 Å². The van der Waals surface area contributed by atoms with E-state index in [9.17, 15) is 4.79 Å². The lowest BCUT2D eigenvalue weighted by Gasteiger charge is -2.41. The smallest absolute Gasteiger partial charge is 0.328 e. The van der Waals surface area contributed by atoms with Crippen LogP contribution in [0.15, 0.2) is 46.1 Å². The molecule has 0 aromatic heterocycles.